The third-order valence-electron chi connectivity index (χ3n) is 4.90. The van der Waals surface area contributed by atoms with Crippen LogP contribution in [0.15, 0.2) is 22.9 Å². The number of pyridine rings is 1. The maximum atomic E-state index is 12.5. The lowest BCUT2D eigenvalue weighted by molar-refractivity contribution is 0.0617. The van der Waals surface area contributed by atoms with Gasteiger partial charge in [0.2, 0.25) is 0 Å². The Balaban J connectivity index is 1.57. The van der Waals surface area contributed by atoms with E-state index in [0.717, 1.165) is 32.5 Å². The van der Waals surface area contributed by atoms with Crippen molar-refractivity contribution in [2.75, 3.05) is 19.6 Å². The van der Waals surface area contributed by atoms with Crippen molar-refractivity contribution in [2.45, 2.75) is 18.9 Å². The van der Waals surface area contributed by atoms with Crippen molar-refractivity contribution >= 4 is 22.8 Å². The fraction of sp³-hybridized carbons (Fsp3) is 0.438. The minimum Gasteiger partial charge on any atom is -0.478 e. The van der Waals surface area contributed by atoms with Gasteiger partial charge in [0, 0.05) is 18.0 Å². The summed E-state index contributed by atoms with van der Waals surface area (Å²) < 4.78 is 5.15. The normalized spacial score (nSPS) is 26.3. The molecule has 5 heterocycles. The van der Waals surface area contributed by atoms with E-state index in [1.165, 1.54) is 18.5 Å². The summed E-state index contributed by atoms with van der Waals surface area (Å²) in [6.07, 6.45) is 4.79. The molecule has 2 aromatic rings. The quantitative estimate of drug-likeness (QED) is 0.887. The van der Waals surface area contributed by atoms with Crippen molar-refractivity contribution < 1.29 is 19.1 Å². The zero-order valence-electron chi connectivity index (χ0n) is 12.5. The first-order valence-electron chi connectivity index (χ1n) is 7.75. The van der Waals surface area contributed by atoms with E-state index in [9.17, 15) is 9.59 Å². The lowest BCUT2D eigenvalue weighted by atomic mass is 9.84. The van der Waals surface area contributed by atoms with Crippen molar-refractivity contribution in [3.05, 3.63) is 29.8 Å². The zero-order valence-corrected chi connectivity index (χ0v) is 12.5. The van der Waals surface area contributed by atoms with E-state index < -0.39 is 5.97 Å². The lowest BCUT2D eigenvalue weighted by Gasteiger charge is -2.44. The summed E-state index contributed by atoms with van der Waals surface area (Å²) in [5.41, 5.74) is 0.624. The third kappa shape index (κ3) is 2.46. The number of piperidine rings is 3. The van der Waals surface area contributed by atoms with Gasteiger partial charge in [-0.2, -0.15) is 0 Å². The molecule has 7 nitrogen and oxygen atoms in total. The first-order valence-corrected chi connectivity index (χ1v) is 7.75. The molecule has 3 aliphatic rings. The number of carbonyl (C=O) groups is 2. The van der Waals surface area contributed by atoms with Crippen molar-refractivity contribution in [3.63, 3.8) is 0 Å². The Hall–Kier alpha value is -2.41. The molecule has 1 amide bonds. The highest BCUT2D eigenvalue weighted by molar-refractivity contribution is 6.04. The Bertz CT molecular complexity index is 777. The van der Waals surface area contributed by atoms with Crippen LogP contribution in [0.1, 0.15) is 33.7 Å². The van der Waals surface area contributed by atoms with Crippen LogP contribution in [0, 0.1) is 5.92 Å². The number of aromatic carboxylic acids is 1. The smallest absolute Gasteiger partial charge is 0.339 e. The van der Waals surface area contributed by atoms with Crippen LogP contribution < -0.4 is 5.32 Å². The Labute approximate surface area is 132 Å². The molecule has 0 aliphatic carbocycles. The summed E-state index contributed by atoms with van der Waals surface area (Å²) in [5.74, 6) is -0.821. The van der Waals surface area contributed by atoms with Gasteiger partial charge in [-0.3, -0.25) is 4.79 Å². The van der Waals surface area contributed by atoms with Gasteiger partial charge in [0.15, 0.2) is 5.58 Å². The largest absolute Gasteiger partial charge is 0.478 e. The van der Waals surface area contributed by atoms with Gasteiger partial charge in [-0.15, -0.1) is 0 Å². The third-order valence-corrected chi connectivity index (χ3v) is 4.90. The van der Waals surface area contributed by atoms with Crippen LogP contribution in [0.5, 0.6) is 0 Å². The molecule has 120 valence electrons. The van der Waals surface area contributed by atoms with Gasteiger partial charge in [0.1, 0.15) is 17.5 Å². The Morgan fingerprint density at radius 2 is 2.13 bits per heavy atom. The first-order chi connectivity index (χ1) is 11.1. The minimum atomic E-state index is -1.08. The molecular formula is C16H17N3O4. The molecule has 0 spiro atoms. The monoisotopic (exact) mass is 315 g/mol. The second-order valence-electron chi connectivity index (χ2n) is 6.24. The average Bonchev–Trinajstić information content (AvgIpc) is 2.99. The maximum absolute atomic E-state index is 12.5. The number of amides is 1. The van der Waals surface area contributed by atoms with Crippen molar-refractivity contribution in [3.8, 4) is 0 Å². The molecule has 0 saturated carbocycles. The lowest BCUT2D eigenvalue weighted by Crippen LogP contribution is -2.57. The number of hydrogen-bond donors (Lipinski definition) is 2. The van der Waals surface area contributed by atoms with E-state index >= 15 is 0 Å². The predicted octanol–water partition coefficient (Wildman–Crippen LogP) is 1.35. The molecule has 3 saturated heterocycles. The molecule has 7 heteroatoms. The number of aromatic nitrogens is 1. The molecule has 0 aromatic carbocycles. The highest BCUT2D eigenvalue weighted by Gasteiger charge is 2.35. The summed E-state index contributed by atoms with van der Waals surface area (Å²) in [4.78, 5) is 30.1. The van der Waals surface area contributed by atoms with E-state index in [4.69, 9.17) is 9.52 Å². The molecule has 0 radical (unpaired) electrons. The number of nitrogens with one attached hydrogen (secondary N) is 1. The molecule has 2 bridgehead atoms. The van der Waals surface area contributed by atoms with Gasteiger partial charge < -0.3 is 19.7 Å². The van der Waals surface area contributed by atoms with Gasteiger partial charge >= 0.3 is 5.97 Å². The molecule has 3 aliphatic heterocycles. The molecule has 3 fully saturated rings. The summed E-state index contributed by atoms with van der Waals surface area (Å²) in [6, 6.07) is 1.63. The van der Waals surface area contributed by atoms with Gasteiger partial charge in [-0.05, 0) is 37.9 Å². The number of carboxylic acids is 1. The van der Waals surface area contributed by atoms with Crippen molar-refractivity contribution in [2.24, 2.45) is 5.92 Å². The van der Waals surface area contributed by atoms with Crippen molar-refractivity contribution in [1.82, 2.24) is 15.2 Å². The van der Waals surface area contributed by atoms with Crippen molar-refractivity contribution in [1.29, 1.82) is 0 Å². The maximum Gasteiger partial charge on any atom is 0.339 e. The summed E-state index contributed by atoms with van der Waals surface area (Å²) >= 11 is 0. The Kier molecular flexibility index (Phi) is 3.30. The van der Waals surface area contributed by atoms with Gasteiger partial charge in [0.25, 0.3) is 5.91 Å². The number of fused-ring (bicyclic) bond motifs is 4. The van der Waals surface area contributed by atoms with Crippen LogP contribution in [0.25, 0.3) is 11.0 Å². The van der Waals surface area contributed by atoms with Crippen LogP contribution in [0.2, 0.25) is 0 Å². The second-order valence-corrected chi connectivity index (χ2v) is 6.24. The number of hydrogen-bond acceptors (Lipinski definition) is 5. The molecule has 1 atom stereocenters. The minimum absolute atomic E-state index is 0.0410. The fourth-order valence-electron chi connectivity index (χ4n) is 3.59. The van der Waals surface area contributed by atoms with Gasteiger partial charge in [-0.1, -0.05) is 0 Å². The van der Waals surface area contributed by atoms with Crippen LogP contribution in [0.3, 0.4) is 0 Å². The van der Waals surface area contributed by atoms with E-state index in [2.05, 4.69) is 15.2 Å². The highest BCUT2D eigenvalue weighted by atomic mass is 16.4. The molecule has 2 N–H and O–H groups in total. The summed E-state index contributed by atoms with van der Waals surface area (Å²) in [5, 5.41) is 12.6. The van der Waals surface area contributed by atoms with Crippen LogP contribution in [-0.2, 0) is 0 Å². The number of rotatable bonds is 3. The average molecular weight is 315 g/mol. The fourth-order valence-corrected chi connectivity index (χ4v) is 3.59. The summed E-state index contributed by atoms with van der Waals surface area (Å²) in [7, 11) is 0. The summed E-state index contributed by atoms with van der Waals surface area (Å²) in [6.45, 7) is 3.10. The zero-order chi connectivity index (χ0) is 16.0. The Morgan fingerprint density at radius 1 is 1.35 bits per heavy atom. The number of carbonyl (C=O) groups excluding carboxylic acids is 1. The number of furan rings is 1. The molecule has 0 unspecified atom stereocenters. The second kappa shape index (κ2) is 5.34. The highest BCUT2D eigenvalue weighted by Crippen LogP contribution is 2.28. The van der Waals surface area contributed by atoms with Crippen LogP contribution in [0.4, 0.5) is 0 Å². The Morgan fingerprint density at radius 3 is 2.78 bits per heavy atom. The van der Waals surface area contributed by atoms with Gasteiger partial charge in [0.05, 0.1) is 6.20 Å². The molecule has 2 aromatic heterocycles. The van der Waals surface area contributed by atoms with Crippen LogP contribution >= 0.6 is 0 Å². The van der Waals surface area contributed by atoms with E-state index in [1.54, 1.807) is 0 Å². The predicted molar refractivity (Wildman–Crippen MR) is 81.4 cm³/mol. The van der Waals surface area contributed by atoms with E-state index in [0.29, 0.717) is 16.9 Å². The standard InChI is InChI=1S/C16H17N3O4/c20-15(18-13-7-19-3-1-9(13)2-4-19)12-5-10-11(16(21)22)8-23-14(10)6-17-12/h5-6,8-9,13H,1-4,7H2,(H,18,20)(H,21,22)/t13-/m0/s1. The molecule has 23 heavy (non-hydrogen) atoms. The van der Waals surface area contributed by atoms with Gasteiger partial charge in [-0.25, -0.2) is 9.78 Å². The molecular weight excluding hydrogens is 298 g/mol. The van der Waals surface area contributed by atoms with E-state index in [1.807, 2.05) is 0 Å². The van der Waals surface area contributed by atoms with Crippen LogP contribution in [-0.4, -0.2) is 52.5 Å². The number of nitrogens with zero attached hydrogens (tertiary/aromatic N) is 2. The topological polar surface area (TPSA) is 95.7 Å². The molecule has 5 rings (SSSR count). The number of carboxylic acid groups (broad SMARTS) is 1. The first kappa shape index (κ1) is 14.2. The SMILES string of the molecule is O=C(N[C@H]1CN2CCC1CC2)c1cc2c(C(=O)O)coc2cn1. The van der Waals surface area contributed by atoms with E-state index in [-0.39, 0.29) is 23.2 Å².